The molecular weight excluding hydrogens is 347 g/mol. The lowest BCUT2D eigenvalue weighted by atomic mass is 10.2. The molecule has 0 aliphatic heterocycles. The van der Waals surface area contributed by atoms with Gasteiger partial charge in [0, 0.05) is 10.0 Å². The third-order valence-corrected chi connectivity index (χ3v) is 3.68. The first kappa shape index (κ1) is 14.3. The standard InChI is InChI=1S/C14H9BrCl2N2/c15-12-6-4-10(5-7-12)8-18-19-9-11-2-1-3-13(16)14(11)17/h1-9H/b18-8+,19-9+. The van der Waals surface area contributed by atoms with Crippen LogP contribution in [0.25, 0.3) is 0 Å². The summed E-state index contributed by atoms with van der Waals surface area (Å²) in [5, 5.41) is 8.90. The molecule has 0 unspecified atom stereocenters. The van der Waals surface area contributed by atoms with Crippen molar-refractivity contribution in [3.63, 3.8) is 0 Å². The van der Waals surface area contributed by atoms with Crippen molar-refractivity contribution in [1.29, 1.82) is 0 Å². The monoisotopic (exact) mass is 354 g/mol. The van der Waals surface area contributed by atoms with Gasteiger partial charge in [-0.3, -0.25) is 0 Å². The number of hydrogen-bond acceptors (Lipinski definition) is 2. The highest BCUT2D eigenvalue weighted by Crippen LogP contribution is 2.24. The van der Waals surface area contributed by atoms with E-state index in [1.54, 1.807) is 18.5 Å². The molecule has 2 rings (SSSR count). The van der Waals surface area contributed by atoms with Crippen LogP contribution in [-0.4, -0.2) is 12.4 Å². The second kappa shape index (κ2) is 6.85. The fraction of sp³-hybridized carbons (Fsp3) is 0. The molecule has 19 heavy (non-hydrogen) atoms. The molecule has 0 spiro atoms. The van der Waals surface area contributed by atoms with Crippen LogP contribution in [0.2, 0.25) is 10.0 Å². The van der Waals surface area contributed by atoms with Crippen molar-refractivity contribution >= 4 is 51.6 Å². The second-order valence-corrected chi connectivity index (χ2v) is 5.38. The summed E-state index contributed by atoms with van der Waals surface area (Å²) in [6, 6.07) is 13.1. The molecule has 0 amide bonds. The third kappa shape index (κ3) is 4.16. The molecular formula is C14H9BrCl2N2. The van der Waals surface area contributed by atoms with Crippen molar-refractivity contribution in [2.24, 2.45) is 10.2 Å². The van der Waals surface area contributed by atoms with Crippen LogP contribution in [0, 0.1) is 0 Å². The Labute approximate surface area is 129 Å². The molecule has 0 radical (unpaired) electrons. The average Bonchev–Trinajstić information content (AvgIpc) is 2.41. The third-order valence-electron chi connectivity index (χ3n) is 2.32. The average molecular weight is 356 g/mol. The van der Waals surface area contributed by atoms with Crippen molar-refractivity contribution in [3.05, 3.63) is 68.1 Å². The largest absolute Gasteiger partial charge is 0.159 e. The maximum absolute atomic E-state index is 6.03. The molecule has 5 heteroatoms. The molecule has 0 heterocycles. The van der Waals surface area contributed by atoms with Crippen LogP contribution < -0.4 is 0 Å². The van der Waals surface area contributed by atoms with E-state index in [2.05, 4.69) is 26.1 Å². The van der Waals surface area contributed by atoms with Crippen molar-refractivity contribution in [3.8, 4) is 0 Å². The fourth-order valence-electron chi connectivity index (χ4n) is 1.36. The minimum atomic E-state index is 0.478. The second-order valence-electron chi connectivity index (χ2n) is 3.68. The maximum Gasteiger partial charge on any atom is 0.0680 e. The SMILES string of the molecule is Clc1cccc(/C=N/N=C/c2ccc(Br)cc2)c1Cl. The molecule has 0 N–H and O–H groups in total. The van der Waals surface area contributed by atoms with Crippen molar-refractivity contribution in [2.45, 2.75) is 0 Å². The Morgan fingerprint density at radius 3 is 2.32 bits per heavy atom. The zero-order valence-corrected chi connectivity index (χ0v) is 12.8. The molecule has 0 aromatic heterocycles. The van der Waals surface area contributed by atoms with Crippen LogP contribution in [0.1, 0.15) is 11.1 Å². The molecule has 2 aromatic carbocycles. The highest BCUT2D eigenvalue weighted by Gasteiger charge is 2.00. The van der Waals surface area contributed by atoms with E-state index in [4.69, 9.17) is 23.2 Å². The summed E-state index contributed by atoms with van der Waals surface area (Å²) in [6.45, 7) is 0. The van der Waals surface area contributed by atoms with Gasteiger partial charge in [0.15, 0.2) is 0 Å². The Hall–Kier alpha value is -1.16. The summed E-state index contributed by atoms with van der Waals surface area (Å²) < 4.78 is 1.03. The molecule has 0 saturated heterocycles. The topological polar surface area (TPSA) is 24.7 Å². The molecule has 0 atom stereocenters. The van der Waals surface area contributed by atoms with Crippen molar-refractivity contribution in [1.82, 2.24) is 0 Å². The Morgan fingerprint density at radius 2 is 1.58 bits per heavy atom. The molecule has 0 bridgehead atoms. The van der Waals surface area contributed by atoms with Gasteiger partial charge in [0.05, 0.1) is 22.5 Å². The minimum Gasteiger partial charge on any atom is -0.159 e. The van der Waals surface area contributed by atoms with Crippen molar-refractivity contribution < 1.29 is 0 Å². The van der Waals surface area contributed by atoms with Crippen LogP contribution in [0.4, 0.5) is 0 Å². The van der Waals surface area contributed by atoms with Gasteiger partial charge >= 0.3 is 0 Å². The van der Waals surface area contributed by atoms with E-state index in [0.29, 0.717) is 10.0 Å². The lowest BCUT2D eigenvalue weighted by Gasteiger charge is -1.97. The molecule has 0 saturated carbocycles. The zero-order chi connectivity index (χ0) is 13.7. The summed E-state index contributed by atoms with van der Waals surface area (Å²) in [5.74, 6) is 0. The zero-order valence-electron chi connectivity index (χ0n) is 9.72. The van der Waals surface area contributed by atoms with Crippen molar-refractivity contribution in [2.75, 3.05) is 0 Å². The normalized spacial score (nSPS) is 11.5. The summed E-state index contributed by atoms with van der Waals surface area (Å²) in [4.78, 5) is 0. The van der Waals surface area contributed by atoms with E-state index in [0.717, 1.165) is 15.6 Å². The highest BCUT2D eigenvalue weighted by atomic mass is 79.9. The summed E-state index contributed by atoms with van der Waals surface area (Å²) in [6.07, 6.45) is 3.24. The van der Waals surface area contributed by atoms with Crippen LogP contribution in [0.15, 0.2) is 57.1 Å². The fourth-order valence-corrected chi connectivity index (χ4v) is 1.99. The van der Waals surface area contributed by atoms with Gasteiger partial charge in [-0.15, -0.1) is 0 Å². The Kier molecular flexibility index (Phi) is 5.14. The van der Waals surface area contributed by atoms with Gasteiger partial charge < -0.3 is 0 Å². The smallest absolute Gasteiger partial charge is 0.0680 e. The van der Waals surface area contributed by atoms with E-state index in [1.807, 2.05) is 36.4 Å². The number of rotatable bonds is 3. The van der Waals surface area contributed by atoms with E-state index >= 15 is 0 Å². The van der Waals surface area contributed by atoms with E-state index in [1.165, 1.54) is 0 Å². The Morgan fingerprint density at radius 1 is 0.895 bits per heavy atom. The lowest BCUT2D eigenvalue weighted by Crippen LogP contribution is -1.83. The minimum absolute atomic E-state index is 0.478. The first-order valence-electron chi connectivity index (χ1n) is 5.43. The van der Waals surface area contributed by atoms with Gasteiger partial charge in [-0.2, -0.15) is 10.2 Å². The summed E-state index contributed by atoms with van der Waals surface area (Å²) in [7, 11) is 0. The predicted molar refractivity (Wildman–Crippen MR) is 85.8 cm³/mol. The molecule has 2 aromatic rings. The number of nitrogens with zero attached hydrogens (tertiary/aromatic N) is 2. The van der Waals surface area contributed by atoms with Crippen LogP contribution in [-0.2, 0) is 0 Å². The number of hydrogen-bond donors (Lipinski definition) is 0. The Bertz CT molecular complexity index is 622. The maximum atomic E-state index is 6.03. The highest BCUT2D eigenvalue weighted by molar-refractivity contribution is 9.10. The van der Waals surface area contributed by atoms with Gasteiger partial charge in [-0.1, -0.05) is 63.4 Å². The first-order chi connectivity index (χ1) is 9.16. The molecule has 0 aliphatic rings. The Balaban J connectivity index is 2.07. The van der Waals surface area contributed by atoms with Gasteiger partial charge in [-0.25, -0.2) is 0 Å². The molecule has 2 nitrogen and oxygen atoms in total. The lowest BCUT2D eigenvalue weighted by molar-refractivity contribution is 1.26. The molecule has 0 aliphatic carbocycles. The molecule has 0 fully saturated rings. The number of halogens is 3. The predicted octanol–water partition coefficient (Wildman–Crippen LogP) is 5.21. The quantitative estimate of drug-likeness (QED) is 0.533. The van der Waals surface area contributed by atoms with Gasteiger partial charge in [0.1, 0.15) is 0 Å². The van der Waals surface area contributed by atoms with E-state index in [9.17, 15) is 0 Å². The first-order valence-corrected chi connectivity index (χ1v) is 6.98. The molecule has 96 valence electrons. The van der Waals surface area contributed by atoms with Gasteiger partial charge in [0.2, 0.25) is 0 Å². The summed E-state index contributed by atoms with van der Waals surface area (Å²) in [5.41, 5.74) is 1.71. The van der Waals surface area contributed by atoms with Gasteiger partial charge in [0.25, 0.3) is 0 Å². The van der Waals surface area contributed by atoms with E-state index in [-0.39, 0.29) is 0 Å². The number of benzene rings is 2. The van der Waals surface area contributed by atoms with E-state index < -0.39 is 0 Å². The van der Waals surface area contributed by atoms with Crippen LogP contribution in [0.3, 0.4) is 0 Å². The van der Waals surface area contributed by atoms with Crippen LogP contribution >= 0.6 is 39.1 Å². The van der Waals surface area contributed by atoms with Gasteiger partial charge in [-0.05, 0) is 23.8 Å². The van der Waals surface area contributed by atoms with Crippen LogP contribution in [0.5, 0.6) is 0 Å². The summed E-state index contributed by atoms with van der Waals surface area (Å²) >= 11 is 15.3.